The van der Waals surface area contributed by atoms with Crippen LogP contribution in [0, 0.1) is 0 Å². The van der Waals surface area contributed by atoms with E-state index in [9.17, 15) is 14.4 Å². The standard InChI is InChI=1S/C30H23ClN2O5/c1-2-37-23-13-11-22(12-14-23)33-29(35)26(28(34)32-30(33)36)17-25-24-9-4-3-7-20(24)10-15-27(25)38-18-19-6-5-8-21(31)16-19/h3-17H,2,18H2,1H3,(H,32,34,36)/b26-17+. The second-order valence-electron chi connectivity index (χ2n) is 8.50. The van der Waals surface area contributed by atoms with Crippen LogP contribution in [0.5, 0.6) is 11.5 Å². The number of nitrogens with one attached hydrogen (secondary N) is 1. The molecule has 4 aromatic rings. The Hall–Kier alpha value is -4.62. The van der Waals surface area contributed by atoms with E-state index in [2.05, 4.69) is 5.32 Å². The summed E-state index contributed by atoms with van der Waals surface area (Å²) in [5.74, 6) is -0.445. The number of halogens is 1. The van der Waals surface area contributed by atoms with E-state index < -0.39 is 17.8 Å². The fourth-order valence-corrected chi connectivity index (χ4v) is 4.45. The normalized spacial score (nSPS) is 14.6. The van der Waals surface area contributed by atoms with Gasteiger partial charge in [-0.1, -0.05) is 54.1 Å². The SMILES string of the molecule is CCOc1ccc(N2C(=O)NC(=O)/C(=C\c3c(OCc4cccc(Cl)c4)ccc4ccccc34)C2=O)cc1. The summed E-state index contributed by atoms with van der Waals surface area (Å²) in [4.78, 5) is 40.0. The van der Waals surface area contributed by atoms with Crippen molar-refractivity contribution in [1.29, 1.82) is 0 Å². The number of hydrogen-bond donors (Lipinski definition) is 1. The molecule has 1 aliphatic heterocycles. The van der Waals surface area contributed by atoms with Gasteiger partial charge in [-0.05, 0) is 71.8 Å². The van der Waals surface area contributed by atoms with Crippen LogP contribution in [0.4, 0.5) is 10.5 Å². The van der Waals surface area contributed by atoms with E-state index in [1.807, 2.05) is 49.4 Å². The number of barbiturate groups is 1. The summed E-state index contributed by atoms with van der Waals surface area (Å²) in [6, 6.07) is 24.3. The van der Waals surface area contributed by atoms with Gasteiger partial charge in [-0.2, -0.15) is 0 Å². The first kappa shape index (κ1) is 25.0. The quantitative estimate of drug-likeness (QED) is 0.231. The van der Waals surface area contributed by atoms with Crippen molar-refractivity contribution in [3.8, 4) is 11.5 Å². The van der Waals surface area contributed by atoms with E-state index in [-0.39, 0.29) is 12.2 Å². The molecular formula is C30H23ClN2O5. The Morgan fingerprint density at radius 1 is 0.895 bits per heavy atom. The molecule has 0 aliphatic carbocycles. The molecule has 4 aromatic carbocycles. The molecule has 0 aromatic heterocycles. The highest BCUT2D eigenvalue weighted by atomic mass is 35.5. The number of rotatable bonds is 7. The smallest absolute Gasteiger partial charge is 0.335 e. The maximum atomic E-state index is 13.5. The summed E-state index contributed by atoms with van der Waals surface area (Å²) < 4.78 is 11.6. The summed E-state index contributed by atoms with van der Waals surface area (Å²) >= 11 is 6.11. The third-order valence-corrected chi connectivity index (χ3v) is 6.25. The number of urea groups is 1. The van der Waals surface area contributed by atoms with Crippen molar-refractivity contribution in [2.75, 3.05) is 11.5 Å². The fourth-order valence-electron chi connectivity index (χ4n) is 4.23. The van der Waals surface area contributed by atoms with Crippen LogP contribution in [0.3, 0.4) is 0 Å². The fraction of sp³-hybridized carbons (Fsp3) is 0.100. The Bertz CT molecular complexity index is 1580. The number of anilines is 1. The predicted molar refractivity (Wildman–Crippen MR) is 146 cm³/mol. The minimum absolute atomic E-state index is 0.192. The molecule has 8 heteroatoms. The summed E-state index contributed by atoms with van der Waals surface area (Å²) in [5, 5.41) is 4.55. The lowest BCUT2D eigenvalue weighted by Gasteiger charge is -2.26. The van der Waals surface area contributed by atoms with Gasteiger partial charge >= 0.3 is 6.03 Å². The highest BCUT2D eigenvalue weighted by Crippen LogP contribution is 2.32. The molecule has 0 spiro atoms. The van der Waals surface area contributed by atoms with Crippen LogP contribution in [0.25, 0.3) is 16.8 Å². The maximum Gasteiger partial charge on any atom is 0.335 e. The van der Waals surface area contributed by atoms with Crippen molar-refractivity contribution in [1.82, 2.24) is 5.32 Å². The topological polar surface area (TPSA) is 84.9 Å². The summed E-state index contributed by atoms with van der Waals surface area (Å²) in [7, 11) is 0. The van der Waals surface area contributed by atoms with Crippen LogP contribution in [0.15, 0.2) is 90.5 Å². The van der Waals surface area contributed by atoms with Gasteiger partial charge in [-0.25, -0.2) is 9.69 Å². The maximum absolute atomic E-state index is 13.5. The van der Waals surface area contributed by atoms with Gasteiger partial charge in [-0.15, -0.1) is 0 Å². The van der Waals surface area contributed by atoms with Crippen LogP contribution in [-0.4, -0.2) is 24.5 Å². The molecule has 1 aliphatic rings. The molecule has 0 radical (unpaired) electrons. The van der Waals surface area contributed by atoms with Crippen molar-refractivity contribution >= 4 is 52.0 Å². The van der Waals surface area contributed by atoms with Gasteiger partial charge < -0.3 is 9.47 Å². The van der Waals surface area contributed by atoms with Crippen LogP contribution >= 0.6 is 11.6 Å². The van der Waals surface area contributed by atoms with Gasteiger partial charge in [0.25, 0.3) is 11.8 Å². The Morgan fingerprint density at radius 2 is 1.68 bits per heavy atom. The van der Waals surface area contributed by atoms with Crippen LogP contribution in [0.2, 0.25) is 5.02 Å². The third kappa shape index (κ3) is 5.10. The number of imide groups is 2. The molecule has 4 amide bonds. The molecule has 1 fully saturated rings. The Labute approximate surface area is 224 Å². The molecule has 190 valence electrons. The molecule has 0 atom stereocenters. The van der Waals surface area contributed by atoms with Crippen molar-refractivity contribution in [3.05, 3.63) is 107 Å². The zero-order valence-electron chi connectivity index (χ0n) is 20.4. The first-order chi connectivity index (χ1) is 18.4. The zero-order chi connectivity index (χ0) is 26.6. The van der Waals surface area contributed by atoms with E-state index in [4.69, 9.17) is 21.1 Å². The van der Waals surface area contributed by atoms with Gasteiger partial charge in [0.15, 0.2) is 0 Å². The van der Waals surface area contributed by atoms with E-state index in [1.54, 1.807) is 42.5 Å². The van der Waals surface area contributed by atoms with E-state index in [1.165, 1.54) is 6.08 Å². The molecular weight excluding hydrogens is 504 g/mol. The lowest BCUT2D eigenvalue weighted by Crippen LogP contribution is -2.54. The van der Waals surface area contributed by atoms with Crippen LogP contribution < -0.4 is 19.7 Å². The van der Waals surface area contributed by atoms with Crippen molar-refractivity contribution in [2.24, 2.45) is 0 Å². The number of amides is 4. The second-order valence-corrected chi connectivity index (χ2v) is 8.94. The Balaban J connectivity index is 1.54. The number of nitrogens with zero attached hydrogens (tertiary/aromatic N) is 1. The third-order valence-electron chi connectivity index (χ3n) is 6.01. The zero-order valence-corrected chi connectivity index (χ0v) is 21.2. The van der Waals surface area contributed by atoms with E-state index in [0.29, 0.717) is 34.4 Å². The Kier molecular flexibility index (Phi) is 7.11. The molecule has 1 saturated heterocycles. The largest absolute Gasteiger partial charge is 0.494 e. The molecule has 7 nitrogen and oxygen atoms in total. The lowest BCUT2D eigenvalue weighted by atomic mass is 9.99. The van der Waals surface area contributed by atoms with Gasteiger partial charge in [-0.3, -0.25) is 14.9 Å². The highest BCUT2D eigenvalue weighted by Gasteiger charge is 2.37. The number of fused-ring (bicyclic) bond motifs is 1. The molecule has 0 unspecified atom stereocenters. The average Bonchev–Trinajstić information content (AvgIpc) is 2.91. The minimum atomic E-state index is -0.823. The first-order valence-corrected chi connectivity index (χ1v) is 12.4. The van der Waals surface area contributed by atoms with Gasteiger partial charge in [0.05, 0.1) is 12.3 Å². The minimum Gasteiger partial charge on any atom is -0.494 e. The Morgan fingerprint density at radius 3 is 2.45 bits per heavy atom. The number of ether oxygens (including phenoxy) is 2. The van der Waals surface area contributed by atoms with Crippen LogP contribution in [0.1, 0.15) is 18.1 Å². The van der Waals surface area contributed by atoms with Gasteiger partial charge in [0.1, 0.15) is 23.7 Å². The van der Waals surface area contributed by atoms with Crippen LogP contribution in [-0.2, 0) is 16.2 Å². The first-order valence-electron chi connectivity index (χ1n) is 12.0. The number of hydrogen-bond acceptors (Lipinski definition) is 5. The number of carbonyl (C=O) groups is 3. The highest BCUT2D eigenvalue weighted by molar-refractivity contribution is 6.39. The monoisotopic (exact) mass is 526 g/mol. The number of benzene rings is 4. The van der Waals surface area contributed by atoms with Gasteiger partial charge in [0, 0.05) is 10.6 Å². The van der Waals surface area contributed by atoms with Crippen molar-refractivity contribution in [2.45, 2.75) is 13.5 Å². The molecule has 1 N–H and O–H groups in total. The average molecular weight is 527 g/mol. The van der Waals surface area contributed by atoms with Gasteiger partial charge in [0.2, 0.25) is 0 Å². The van der Waals surface area contributed by atoms with E-state index >= 15 is 0 Å². The molecule has 0 saturated carbocycles. The summed E-state index contributed by atoms with van der Waals surface area (Å²) in [6.07, 6.45) is 1.47. The summed E-state index contributed by atoms with van der Waals surface area (Å²) in [5.41, 5.74) is 1.53. The van der Waals surface area contributed by atoms with Crippen molar-refractivity contribution < 1.29 is 23.9 Å². The second kappa shape index (κ2) is 10.8. The number of carbonyl (C=O) groups excluding carboxylic acids is 3. The molecule has 0 bridgehead atoms. The van der Waals surface area contributed by atoms with E-state index in [0.717, 1.165) is 21.2 Å². The summed E-state index contributed by atoms with van der Waals surface area (Å²) in [6.45, 7) is 2.57. The lowest BCUT2D eigenvalue weighted by molar-refractivity contribution is -0.122. The molecule has 1 heterocycles. The molecule has 38 heavy (non-hydrogen) atoms. The predicted octanol–water partition coefficient (Wildman–Crippen LogP) is 6.14. The molecule has 5 rings (SSSR count). The van der Waals surface area contributed by atoms with Crippen molar-refractivity contribution in [3.63, 3.8) is 0 Å².